The number of ether oxygens (including phenoxy) is 3. The van der Waals surface area contributed by atoms with Crippen molar-refractivity contribution in [3.8, 4) is 0 Å². The zero-order chi connectivity index (χ0) is 12.3. The van der Waals surface area contributed by atoms with Gasteiger partial charge in [-0.3, -0.25) is 0 Å². The van der Waals surface area contributed by atoms with E-state index in [4.69, 9.17) is 9.47 Å². The van der Waals surface area contributed by atoms with Crippen LogP contribution in [0.25, 0.3) is 0 Å². The van der Waals surface area contributed by atoms with E-state index in [0.717, 1.165) is 6.42 Å². The summed E-state index contributed by atoms with van der Waals surface area (Å²) >= 11 is 0. The van der Waals surface area contributed by atoms with Crippen molar-refractivity contribution >= 4 is 5.97 Å². The Morgan fingerprint density at radius 2 is 2.41 bits per heavy atom. The van der Waals surface area contributed by atoms with Gasteiger partial charge in [-0.05, 0) is 6.42 Å². The van der Waals surface area contributed by atoms with E-state index in [9.17, 15) is 4.79 Å². The number of esters is 1. The molecule has 0 aromatic carbocycles. The summed E-state index contributed by atoms with van der Waals surface area (Å²) in [5, 5.41) is 7.84. The molecular formula is C10H15N3O4. The van der Waals surface area contributed by atoms with Crippen LogP contribution in [0.3, 0.4) is 0 Å². The van der Waals surface area contributed by atoms with Crippen LogP contribution in [0.1, 0.15) is 28.6 Å². The number of rotatable bonds is 4. The lowest BCUT2D eigenvalue weighted by Gasteiger charge is -2.11. The zero-order valence-electron chi connectivity index (χ0n) is 9.88. The van der Waals surface area contributed by atoms with Crippen molar-refractivity contribution in [1.29, 1.82) is 0 Å². The first-order chi connectivity index (χ1) is 8.27. The Morgan fingerprint density at radius 1 is 1.59 bits per heavy atom. The Kier molecular flexibility index (Phi) is 3.70. The fraction of sp³-hybridized carbons (Fsp3) is 0.700. The SMILES string of the molecule is COCc1c(C(=O)OC)nnn1C1CCOC1. The van der Waals surface area contributed by atoms with Crippen molar-refractivity contribution in [3.05, 3.63) is 11.4 Å². The highest BCUT2D eigenvalue weighted by Gasteiger charge is 2.26. The maximum Gasteiger partial charge on any atom is 0.360 e. The highest BCUT2D eigenvalue weighted by atomic mass is 16.5. The first-order valence-corrected chi connectivity index (χ1v) is 5.37. The summed E-state index contributed by atoms with van der Waals surface area (Å²) in [6.45, 7) is 1.55. The monoisotopic (exact) mass is 241 g/mol. The molecule has 1 atom stereocenters. The summed E-state index contributed by atoms with van der Waals surface area (Å²) in [7, 11) is 2.88. The second-order valence-corrected chi connectivity index (χ2v) is 3.77. The van der Waals surface area contributed by atoms with Gasteiger partial charge in [0, 0.05) is 13.7 Å². The maximum absolute atomic E-state index is 11.5. The fourth-order valence-corrected chi connectivity index (χ4v) is 1.85. The molecule has 1 aromatic rings. The Balaban J connectivity index is 2.31. The van der Waals surface area contributed by atoms with Gasteiger partial charge >= 0.3 is 5.97 Å². The molecule has 0 bridgehead atoms. The minimum Gasteiger partial charge on any atom is -0.464 e. The van der Waals surface area contributed by atoms with Crippen molar-refractivity contribution in [2.45, 2.75) is 19.1 Å². The Bertz CT molecular complexity index is 398. The molecule has 1 saturated heterocycles. The molecule has 1 aromatic heterocycles. The topological polar surface area (TPSA) is 75.5 Å². The van der Waals surface area contributed by atoms with Crippen LogP contribution in [0.2, 0.25) is 0 Å². The molecule has 0 saturated carbocycles. The number of carbonyl (C=O) groups is 1. The van der Waals surface area contributed by atoms with Gasteiger partial charge in [0.2, 0.25) is 0 Å². The standard InChI is InChI=1S/C10H15N3O4/c1-15-6-8-9(10(14)16-2)11-12-13(8)7-3-4-17-5-7/h7H,3-6H2,1-2H3. The zero-order valence-corrected chi connectivity index (χ0v) is 9.88. The van der Waals surface area contributed by atoms with Crippen molar-refractivity contribution in [2.24, 2.45) is 0 Å². The number of hydrogen-bond acceptors (Lipinski definition) is 6. The van der Waals surface area contributed by atoms with Gasteiger partial charge in [0.25, 0.3) is 0 Å². The molecule has 1 fully saturated rings. The molecule has 7 nitrogen and oxygen atoms in total. The van der Waals surface area contributed by atoms with Crippen LogP contribution in [-0.4, -0.2) is 48.4 Å². The van der Waals surface area contributed by atoms with Crippen molar-refractivity contribution < 1.29 is 19.0 Å². The Labute approximate surface area is 98.6 Å². The summed E-state index contributed by atoms with van der Waals surface area (Å²) in [4.78, 5) is 11.5. The van der Waals surface area contributed by atoms with E-state index < -0.39 is 5.97 Å². The van der Waals surface area contributed by atoms with Crippen LogP contribution < -0.4 is 0 Å². The second kappa shape index (κ2) is 5.24. The number of hydrogen-bond donors (Lipinski definition) is 0. The molecule has 2 rings (SSSR count). The first-order valence-electron chi connectivity index (χ1n) is 5.37. The highest BCUT2D eigenvalue weighted by Crippen LogP contribution is 2.21. The minimum absolute atomic E-state index is 0.117. The van der Waals surface area contributed by atoms with E-state index in [1.54, 1.807) is 11.8 Å². The predicted molar refractivity (Wildman–Crippen MR) is 56.5 cm³/mol. The summed E-state index contributed by atoms with van der Waals surface area (Å²) in [5.41, 5.74) is 0.844. The summed E-state index contributed by atoms with van der Waals surface area (Å²) < 4.78 is 16.7. The largest absolute Gasteiger partial charge is 0.464 e. The number of aromatic nitrogens is 3. The molecule has 2 heterocycles. The molecule has 1 aliphatic rings. The van der Waals surface area contributed by atoms with Gasteiger partial charge in [0.15, 0.2) is 5.69 Å². The maximum atomic E-state index is 11.5. The Morgan fingerprint density at radius 3 is 3.00 bits per heavy atom. The van der Waals surface area contributed by atoms with Gasteiger partial charge in [-0.1, -0.05) is 5.21 Å². The predicted octanol–water partition coefficient (Wildman–Crippen LogP) is 0.172. The van der Waals surface area contributed by atoms with Crippen LogP contribution in [0.5, 0.6) is 0 Å². The lowest BCUT2D eigenvalue weighted by Crippen LogP contribution is -2.16. The fourth-order valence-electron chi connectivity index (χ4n) is 1.85. The van der Waals surface area contributed by atoms with Gasteiger partial charge in [0.05, 0.1) is 32.1 Å². The number of methoxy groups -OCH3 is 2. The normalized spacial score (nSPS) is 19.5. The molecular weight excluding hydrogens is 226 g/mol. The van der Waals surface area contributed by atoms with Crippen LogP contribution in [0.4, 0.5) is 0 Å². The Hall–Kier alpha value is -1.47. The molecule has 94 valence electrons. The first kappa shape index (κ1) is 12.0. The number of nitrogens with zero attached hydrogens (tertiary/aromatic N) is 3. The molecule has 1 aliphatic heterocycles. The van der Waals surface area contributed by atoms with E-state index in [1.165, 1.54) is 7.11 Å². The lowest BCUT2D eigenvalue weighted by molar-refractivity contribution is 0.0588. The van der Waals surface area contributed by atoms with E-state index in [-0.39, 0.29) is 18.3 Å². The second-order valence-electron chi connectivity index (χ2n) is 3.77. The average molecular weight is 241 g/mol. The number of carbonyl (C=O) groups excluding carboxylic acids is 1. The van der Waals surface area contributed by atoms with E-state index >= 15 is 0 Å². The van der Waals surface area contributed by atoms with Crippen LogP contribution in [-0.2, 0) is 20.8 Å². The van der Waals surface area contributed by atoms with Gasteiger partial charge in [-0.15, -0.1) is 5.10 Å². The molecule has 0 N–H and O–H groups in total. The summed E-state index contributed by atoms with van der Waals surface area (Å²) in [6.07, 6.45) is 0.862. The van der Waals surface area contributed by atoms with Crippen molar-refractivity contribution in [2.75, 3.05) is 27.4 Å². The van der Waals surface area contributed by atoms with Crippen molar-refractivity contribution in [1.82, 2.24) is 15.0 Å². The van der Waals surface area contributed by atoms with E-state index in [0.29, 0.717) is 18.9 Å². The van der Waals surface area contributed by atoms with Gasteiger partial charge < -0.3 is 14.2 Å². The van der Waals surface area contributed by atoms with Crippen LogP contribution in [0, 0.1) is 0 Å². The van der Waals surface area contributed by atoms with E-state index in [2.05, 4.69) is 15.0 Å². The van der Waals surface area contributed by atoms with Crippen LogP contribution in [0.15, 0.2) is 0 Å². The third-order valence-corrected chi connectivity index (χ3v) is 2.70. The molecule has 0 amide bonds. The summed E-state index contributed by atoms with van der Waals surface area (Å²) in [5.74, 6) is -0.498. The molecule has 0 aliphatic carbocycles. The molecule has 0 spiro atoms. The average Bonchev–Trinajstić information content (AvgIpc) is 2.96. The molecule has 0 radical (unpaired) electrons. The highest BCUT2D eigenvalue weighted by molar-refractivity contribution is 5.88. The minimum atomic E-state index is -0.498. The molecule has 17 heavy (non-hydrogen) atoms. The third kappa shape index (κ3) is 2.29. The van der Waals surface area contributed by atoms with Gasteiger partial charge in [0.1, 0.15) is 0 Å². The van der Waals surface area contributed by atoms with Gasteiger partial charge in [-0.25, -0.2) is 9.48 Å². The molecule has 1 unspecified atom stereocenters. The van der Waals surface area contributed by atoms with Crippen molar-refractivity contribution in [3.63, 3.8) is 0 Å². The van der Waals surface area contributed by atoms with Crippen LogP contribution >= 0.6 is 0 Å². The molecule has 7 heteroatoms. The lowest BCUT2D eigenvalue weighted by atomic mass is 10.2. The quantitative estimate of drug-likeness (QED) is 0.699. The third-order valence-electron chi connectivity index (χ3n) is 2.70. The smallest absolute Gasteiger partial charge is 0.360 e. The summed E-state index contributed by atoms with van der Waals surface area (Å²) in [6, 6.07) is 0.117. The van der Waals surface area contributed by atoms with Gasteiger partial charge in [-0.2, -0.15) is 0 Å². The van der Waals surface area contributed by atoms with E-state index in [1.807, 2.05) is 0 Å².